The molecule has 31 heavy (non-hydrogen) atoms. The van der Waals surface area contributed by atoms with Gasteiger partial charge >= 0.3 is 0 Å². The highest BCUT2D eigenvalue weighted by atomic mass is 16.5. The molecule has 6 nitrogen and oxygen atoms in total. The maximum Gasteiger partial charge on any atom is 0.223 e. The number of nitrogens with one attached hydrogen (secondary N) is 1. The predicted octanol–water partition coefficient (Wildman–Crippen LogP) is 4.37. The van der Waals surface area contributed by atoms with E-state index in [0.717, 1.165) is 53.6 Å². The van der Waals surface area contributed by atoms with Gasteiger partial charge in [-0.1, -0.05) is 12.1 Å². The van der Waals surface area contributed by atoms with Crippen LogP contribution in [0, 0.1) is 6.92 Å². The molecule has 3 aromatic rings. The zero-order chi connectivity index (χ0) is 21.6. The van der Waals surface area contributed by atoms with E-state index < -0.39 is 0 Å². The molecular formula is C25H29N5O. The SMILES string of the molecule is Cc1cc(-c2ccc3c(c2)COc2nc(N4CC[C@H](NC(C)(C)C)C4)ccc2-3)cnn1. The van der Waals surface area contributed by atoms with Crippen LogP contribution in [-0.2, 0) is 6.61 Å². The minimum atomic E-state index is 0.126. The molecule has 1 N–H and O–H groups in total. The third kappa shape index (κ3) is 4.12. The fraction of sp³-hybridized carbons (Fsp3) is 0.400. The topological polar surface area (TPSA) is 63.2 Å². The predicted molar refractivity (Wildman–Crippen MR) is 123 cm³/mol. The van der Waals surface area contributed by atoms with E-state index in [9.17, 15) is 0 Å². The lowest BCUT2D eigenvalue weighted by molar-refractivity contribution is 0.290. The molecule has 160 valence electrons. The Bertz CT molecular complexity index is 1120. The normalized spacial score (nSPS) is 17.8. The maximum atomic E-state index is 6.09. The first-order valence-corrected chi connectivity index (χ1v) is 11.0. The Morgan fingerprint density at radius 3 is 2.71 bits per heavy atom. The molecule has 2 aromatic heterocycles. The van der Waals surface area contributed by atoms with Gasteiger partial charge in [0.2, 0.25) is 5.88 Å². The van der Waals surface area contributed by atoms with Crippen molar-refractivity contribution >= 4 is 5.82 Å². The van der Waals surface area contributed by atoms with E-state index in [0.29, 0.717) is 12.6 Å². The molecule has 0 saturated carbocycles. The van der Waals surface area contributed by atoms with Crippen LogP contribution in [0.2, 0.25) is 0 Å². The summed E-state index contributed by atoms with van der Waals surface area (Å²) >= 11 is 0. The van der Waals surface area contributed by atoms with Crippen molar-refractivity contribution in [3.8, 4) is 28.1 Å². The van der Waals surface area contributed by atoms with Gasteiger partial charge in [0.25, 0.3) is 0 Å². The van der Waals surface area contributed by atoms with Crippen molar-refractivity contribution < 1.29 is 4.74 Å². The largest absolute Gasteiger partial charge is 0.472 e. The van der Waals surface area contributed by atoms with Gasteiger partial charge in [0.05, 0.1) is 11.9 Å². The average Bonchev–Trinajstić information content (AvgIpc) is 3.19. The van der Waals surface area contributed by atoms with Gasteiger partial charge in [-0.05, 0) is 75.1 Å². The van der Waals surface area contributed by atoms with Gasteiger partial charge in [0, 0.05) is 35.8 Å². The molecule has 5 rings (SSSR count). The third-order valence-electron chi connectivity index (χ3n) is 5.86. The number of aromatic nitrogens is 3. The number of rotatable bonds is 3. The first kappa shape index (κ1) is 19.9. The summed E-state index contributed by atoms with van der Waals surface area (Å²) in [6, 6.07) is 13.3. The van der Waals surface area contributed by atoms with Crippen LogP contribution in [0.25, 0.3) is 22.3 Å². The first-order valence-electron chi connectivity index (χ1n) is 11.0. The number of fused-ring (bicyclic) bond motifs is 3. The molecule has 2 aliphatic rings. The summed E-state index contributed by atoms with van der Waals surface area (Å²) < 4.78 is 6.09. The molecular weight excluding hydrogens is 386 g/mol. The molecule has 6 heteroatoms. The summed E-state index contributed by atoms with van der Waals surface area (Å²) in [4.78, 5) is 7.23. The summed E-state index contributed by atoms with van der Waals surface area (Å²) in [6.45, 7) is 11.1. The highest BCUT2D eigenvalue weighted by Crippen LogP contribution is 2.39. The molecule has 1 atom stereocenters. The van der Waals surface area contributed by atoms with E-state index in [2.05, 4.69) is 77.6 Å². The fourth-order valence-corrected chi connectivity index (χ4v) is 4.55. The fourth-order valence-electron chi connectivity index (χ4n) is 4.55. The molecule has 1 saturated heterocycles. The Morgan fingerprint density at radius 2 is 1.90 bits per heavy atom. The summed E-state index contributed by atoms with van der Waals surface area (Å²) in [6.07, 6.45) is 2.93. The smallest absolute Gasteiger partial charge is 0.223 e. The van der Waals surface area contributed by atoms with Gasteiger partial charge in [-0.25, -0.2) is 0 Å². The second-order valence-corrected chi connectivity index (χ2v) is 9.59. The Balaban J connectivity index is 1.39. The van der Waals surface area contributed by atoms with E-state index in [-0.39, 0.29) is 5.54 Å². The number of hydrogen-bond donors (Lipinski definition) is 1. The van der Waals surface area contributed by atoms with Gasteiger partial charge in [0.1, 0.15) is 12.4 Å². The highest BCUT2D eigenvalue weighted by molar-refractivity contribution is 5.78. The Hall–Kier alpha value is -2.99. The number of anilines is 1. The lowest BCUT2D eigenvalue weighted by Gasteiger charge is -2.26. The maximum absolute atomic E-state index is 6.09. The zero-order valence-electron chi connectivity index (χ0n) is 18.6. The average molecular weight is 416 g/mol. The van der Waals surface area contributed by atoms with Gasteiger partial charge in [-0.3, -0.25) is 0 Å². The van der Waals surface area contributed by atoms with E-state index in [1.807, 2.05) is 6.92 Å². The lowest BCUT2D eigenvalue weighted by Crippen LogP contribution is -2.44. The third-order valence-corrected chi connectivity index (χ3v) is 5.86. The number of ether oxygens (including phenoxy) is 1. The molecule has 0 bridgehead atoms. The van der Waals surface area contributed by atoms with Gasteiger partial charge < -0.3 is 15.0 Å². The summed E-state index contributed by atoms with van der Waals surface area (Å²) in [5.74, 6) is 1.72. The van der Waals surface area contributed by atoms with Crippen molar-refractivity contribution in [1.82, 2.24) is 20.5 Å². The van der Waals surface area contributed by atoms with Crippen molar-refractivity contribution in [2.24, 2.45) is 0 Å². The standard InChI is InChI=1S/C25H29N5O/c1-16-11-18(13-26-29-16)17-5-6-21-19(12-17)15-31-24-22(21)7-8-23(27-24)30-10-9-20(14-30)28-25(2,3)4/h5-8,11-13,20,28H,9-10,14-15H2,1-4H3/t20-/m0/s1. The van der Waals surface area contributed by atoms with Crippen molar-refractivity contribution in [3.63, 3.8) is 0 Å². The van der Waals surface area contributed by atoms with Crippen LogP contribution in [-0.4, -0.2) is 39.9 Å². The summed E-state index contributed by atoms with van der Waals surface area (Å²) in [7, 11) is 0. The van der Waals surface area contributed by atoms with Crippen molar-refractivity contribution in [1.29, 1.82) is 0 Å². The van der Waals surface area contributed by atoms with Gasteiger partial charge in [-0.15, -0.1) is 0 Å². The quantitative estimate of drug-likeness (QED) is 0.685. The summed E-state index contributed by atoms with van der Waals surface area (Å²) in [5, 5.41) is 11.8. The number of hydrogen-bond acceptors (Lipinski definition) is 6. The van der Waals surface area contributed by atoms with Crippen LogP contribution >= 0.6 is 0 Å². The monoisotopic (exact) mass is 415 g/mol. The number of nitrogens with zero attached hydrogens (tertiary/aromatic N) is 4. The second kappa shape index (κ2) is 7.61. The van der Waals surface area contributed by atoms with Crippen LogP contribution in [0.4, 0.5) is 5.82 Å². The minimum absolute atomic E-state index is 0.126. The minimum Gasteiger partial charge on any atom is -0.472 e. The molecule has 1 fully saturated rings. The Kier molecular flexibility index (Phi) is 4.89. The van der Waals surface area contributed by atoms with Gasteiger partial charge in [0.15, 0.2) is 0 Å². The second-order valence-electron chi connectivity index (χ2n) is 9.59. The Labute approximate surface area is 183 Å². The number of aryl methyl sites for hydroxylation is 1. The molecule has 2 aliphatic heterocycles. The van der Waals surface area contributed by atoms with Crippen LogP contribution in [0.1, 0.15) is 38.4 Å². The molecule has 0 amide bonds. The number of pyridine rings is 1. The van der Waals surface area contributed by atoms with E-state index in [1.165, 1.54) is 11.1 Å². The van der Waals surface area contributed by atoms with Crippen LogP contribution in [0.15, 0.2) is 42.6 Å². The van der Waals surface area contributed by atoms with Crippen LogP contribution in [0.5, 0.6) is 5.88 Å². The van der Waals surface area contributed by atoms with Crippen molar-refractivity contribution in [2.45, 2.75) is 52.3 Å². The van der Waals surface area contributed by atoms with Crippen LogP contribution < -0.4 is 15.0 Å². The highest BCUT2D eigenvalue weighted by Gasteiger charge is 2.28. The Morgan fingerprint density at radius 1 is 1.06 bits per heavy atom. The van der Waals surface area contributed by atoms with Crippen molar-refractivity contribution in [2.75, 3.05) is 18.0 Å². The lowest BCUT2D eigenvalue weighted by atomic mass is 9.95. The van der Waals surface area contributed by atoms with E-state index >= 15 is 0 Å². The molecule has 1 aromatic carbocycles. The van der Waals surface area contributed by atoms with Crippen LogP contribution in [0.3, 0.4) is 0 Å². The zero-order valence-corrected chi connectivity index (χ0v) is 18.6. The van der Waals surface area contributed by atoms with E-state index in [4.69, 9.17) is 9.72 Å². The molecule has 4 heterocycles. The molecule has 0 aliphatic carbocycles. The molecule has 0 radical (unpaired) electrons. The first-order chi connectivity index (χ1) is 14.9. The number of benzene rings is 1. The van der Waals surface area contributed by atoms with E-state index in [1.54, 1.807) is 6.20 Å². The molecule has 0 unspecified atom stereocenters. The van der Waals surface area contributed by atoms with Crippen molar-refractivity contribution in [3.05, 3.63) is 53.9 Å². The summed E-state index contributed by atoms with van der Waals surface area (Å²) in [5.41, 5.74) is 6.66. The van der Waals surface area contributed by atoms with Gasteiger partial charge in [-0.2, -0.15) is 15.2 Å². The molecule has 0 spiro atoms.